The zero-order valence-corrected chi connectivity index (χ0v) is 13.0. The fraction of sp³-hybridized carbons (Fsp3) is 0.154. The van der Waals surface area contributed by atoms with E-state index in [1.165, 1.54) is 0 Å². The second-order valence-corrected chi connectivity index (χ2v) is 5.61. The summed E-state index contributed by atoms with van der Waals surface area (Å²) in [5.74, 6) is 1.28. The Morgan fingerprint density at radius 2 is 2.00 bits per heavy atom. The van der Waals surface area contributed by atoms with Crippen LogP contribution in [0.1, 0.15) is 11.3 Å². The molecule has 1 aromatic carbocycles. The molecule has 2 rings (SSSR count). The van der Waals surface area contributed by atoms with E-state index in [4.69, 9.17) is 10.5 Å². The van der Waals surface area contributed by atoms with Crippen LogP contribution in [0, 0.1) is 6.92 Å². The van der Waals surface area contributed by atoms with Crippen LogP contribution in [0.3, 0.4) is 0 Å². The maximum Gasteiger partial charge on any atom is 0.219 e. The van der Waals surface area contributed by atoms with Crippen molar-refractivity contribution in [3.63, 3.8) is 0 Å². The van der Waals surface area contributed by atoms with E-state index in [1.54, 1.807) is 0 Å². The number of pyridine rings is 1. The number of nitrogens with zero attached hydrogens (tertiary/aromatic N) is 1. The van der Waals surface area contributed by atoms with Gasteiger partial charge >= 0.3 is 0 Å². The molecule has 1 aromatic heterocycles. The van der Waals surface area contributed by atoms with Crippen molar-refractivity contribution in [2.45, 2.75) is 13.5 Å². The van der Waals surface area contributed by atoms with Gasteiger partial charge in [0.25, 0.3) is 0 Å². The highest BCUT2D eigenvalue weighted by molar-refractivity contribution is 9.11. The molecule has 5 heteroatoms. The van der Waals surface area contributed by atoms with E-state index in [-0.39, 0.29) is 0 Å². The van der Waals surface area contributed by atoms with E-state index in [0.29, 0.717) is 12.4 Å². The Hall–Kier alpha value is -0.910. The summed E-state index contributed by atoms with van der Waals surface area (Å²) in [5, 5.41) is 0. The van der Waals surface area contributed by atoms with Gasteiger partial charge in [0.05, 0.1) is 4.47 Å². The molecule has 0 aliphatic rings. The molecule has 3 nitrogen and oxygen atoms in total. The first kappa shape index (κ1) is 13.5. The lowest BCUT2D eigenvalue weighted by atomic mass is 10.2. The molecule has 0 fully saturated rings. The molecule has 0 radical (unpaired) electrons. The molecule has 0 amide bonds. The molecular weight excluding hydrogens is 360 g/mol. The number of aromatic nitrogens is 1. The normalized spacial score (nSPS) is 10.4. The van der Waals surface area contributed by atoms with E-state index in [9.17, 15) is 0 Å². The molecule has 0 saturated heterocycles. The second-order valence-electron chi connectivity index (χ2n) is 3.84. The molecule has 2 aromatic rings. The van der Waals surface area contributed by atoms with Gasteiger partial charge < -0.3 is 10.5 Å². The predicted octanol–water partition coefficient (Wildman–Crippen LogP) is 4.17. The Balaban J connectivity index is 2.30. The van der Waals surface area contributed by atoms with E-state index in [2.05, 4.69) is 36.8 Å². The van der Waals surface area contributed by atoms with E-state index in [1.807, 2.05) is 37.3 Å². The summed E-state index contributed by atoms with van der Waals surface area (Å²) in [7, 11) is 0. The first-order valence-corrected chi connectivity index (χ1v) is 6.97. The topological polar surface area (TPSA) is 48.1 Å². The maximum absolute atomic E-state index is 5.75. The summed E-state index contributed by atoms with van der Waals surface area (Å²) in [6.07, 6.45) is 0. The van der Waals surface area contributed by atoms with Gasteiger partial charge in [0.2, 0.25) is 5.88 Å². The molecule has 0 unspecified atom stereocenters. The summed E-state index contributed by atoms with van der Waals surface area (Å²) in [5.41, 5.74) is 7.53. The first-order chi connectivity index (χ1) is 8.58. The average Bonchev–Trinajstić information content (AvgIpc) is 2.32. The highest BCUT2D eigenvalue weighted by Gasteiger charge is 2.06. The van der Waals surface area contributed by atoms with Crippen molar-refractivity contribution in [3.8, 4) is 11.6 Å². The summed E-state index contributed by atoms with van der Waals surface area (Å²) in [4.78, 5) is 4.33. The lowest BCUT2D eigenvalue weighted by Crippen LogP contribution is -1.99. The van der Waals surface area contributed by atoms with E-state index in [0.717, 1.165) is 26.0 Å². The van der Waals surface area contributed by atoms with Crippen LogP contribution < -0.4 is 10.5 Å². The summed E-state index contributed by atoms with van der Waals surface area (Å²) in [6, 6.07) is 9.51. The SMILES string of the molecule is Cc1cc(CN)cc(Oc2ccc(Br)cc2Br)n1. The van der Waals surface area contributed by atoms with Crippen molar-refractivity contribution in [1.29, 1.82) is 0 Å². The number of nitrogens with two attached hydrogens (primary N) is 1. The summed E-state index contributed by atoms with van der Waals surface area (Å²) in [6.45, 7) is 2.39. The van der Waals surface area contributed by atoms with E-state index < -0.39 is 0 Å². The molecule has 94 valence electrons. The number of halogens is 2. The van der Waals surface area contributed by atoms with Gasteiger partial charge in [-0.3, -0.25) is 0 Å². The standard InChI is InChI=1S/C13H12Br2N2O/c1-8-4-9(7-16)5-13(17-8)18-12-3-2-10(14)6-11(12)15/h2-6H,7,16H2,1H3. The Morgan fingerprint density at radius 1 is 1.22 bits per heavy atom. The van der Waals surface area contributed by atoms with Gasteiger partial charge in [0.15, 0.2) is 0 Å². The van der Waals surface area contributed by atoms with Gasteiger partial charge in [0.1, 0.15) is 5.75 Å². The molecular formula is C13H12Br2N2O. The molecule has 1 heterocycles. The first-order valence-electron chi connectivity index (χ1n) is 5.39. The third-order valence-corrected chi connectivity index (χ3v) is 3.45. The summed E-state index contributed by atoms with van der Waals surface area (Å²) >= 11 is 6.85. The van der Waals surface area contributed by atoms with Crippen LogP contribution in [0.25, 0.3) is 0 Å². The largest absolute Gasteiger partial charge is 0.438 e. The Bertz CT molecular complexity index is 573. The minimum Gasteiger partial charge on any atom is -0.438 e. The van der Waals surface area contributed by atoms with Gasteiger partial charge in [-0.25, -0.2) is 4.98 Å². The van der Waals surface area contributed by atoms with Gasteiger partial charge in [0, 0.05) is 22.8 Å². The van der Waals surface area contributed by atoms with Crippen LogP contribution in [0.4, 0.5) is 0 Å². The smallest absolute Gasteiger partial charge is 0.219 e. The maximum atomic E-state index is 5.75. The minimum atomic E-state index is 0.473. The summed E-state index contributed by atoms with van der Waals surface area (Å²) < 4.78 is 7.61. The van der Waals surface area contributed by atoms with Crippen LogP contribution >= 0.6 is 31.9 Å². The Labute approximate surface area is 123 Å². The van der Waals surface area contributed by atoms with Gasteiger partial charge in [-0.1, -0.05) is 15.9 Å². The van der Waals surface area contributed by atoms with Crippen LogP contribution in [0.15, 0.2) is 39.3 Å². The molecule has 0 aliphatic carbocycles. The van der Waals surface area contributed by atoms with Crippen molar-refractivity contribution in [1.82, 2.24) is 4.98 Å². The quantitative estimate of drug-likeness (QED) is 0.880. The van der Waals surface area contributed by atoms with Crippen LogP contribution in [-0.2, 0) is 6.54 Å². The minimum absolute atomic E-state index is 0.473. The van der Waals surface area contributed by atoms with E-state index >= 15 is 0 Å². The highest BCUT2D eigenvalue weighted by Crippen LogP contribution is 2.31. The van der Waals surface area contributed by atoms with Crippen molar-refractivity contribution in [2.24, 2.45) is 5.73 Å². The molecule has 18 heavy (non-hydrogen) atoms. The average molecular weight is 372 g/mol. The van der Waals surface area contributed by atoms with Gasteiger partial charge in [-0.05, 0) is 52.7 Å². The van der Waals surface area contributed by atoms with Crippen molar-refractivity contribution >= 4 is 31.9 Å². The molecule has 2 N–H and O–H groups in total. The number of rotatable bonds is 3. The molecule has 0 aliphatic heterocycles. The number of benzene rings is 1. The second kappa shape index (κ2) is 5.82. The van der Waals surface area contributed by atoms with Crippen molar-refractivity contribution < 1.29 is 4.74 Å². The van der Waals surface area contributed by atoms with Crippen LogP contribution in [0.5, 0.6) is 11.6 Å². The zero-order chi connectivity index (χ0) is 13.1. The number of hydrogen-bond acceptors (Lipinski definition) is 3. The fourth-order valence-electron chi connectivity index (χ4n) is 1.55. The number of aryl methyl sites for hydroxylation is 1. The molecule has 0 atom stereocenters. The predicted molar refractivity (Wildman–Crippen MR) is 78.8 cm³/mol. The van der Waals surface area contributed by atoms with Gasteiger partial charge in [-0.2, -0.15) is 0 Å². The number of ether oxygens (including phenoxy) is 1. The molecule has 0 saturated carbocycles. The fourth-order valence-corrected chi connectivity index (χ4v) is 2.68. The lowest BCUT2D eigenvalue weighted by Gasteiger charge is -2.09. The monoisotopic (exact) mass is 370 g/mol. The number of hydrogen-bond donors (Lipinski definition) is 1. The van der Waals surface area contributed by atoms with Crippen molar-refractivity contribution in [2.75, 3.05) is 0 Å². The Kier molecular flexibility index (Phi) is 4.37. The zero-order valence-electron chi connectivity index (χ0n) is 9.78. The van der Waals surface area contributed by atoms with Gasteiger partial charge in [-0.15, -0.1) is 0 Å². The molecule has 0 spiro atoms. The lowest BCUT2D eigenvalue weighted by molar-refractivity contribution is 0.458. The van der Waals surface area contributed by atoms with Crippen LogP contribution in [-0.4, -0.2) is 4.98 Å². The highest BCUT2D eigenvalue weighted by atomic mass is 79.9. The van der Waals surface area contributed by atoms with Crippen LogP contribution in [0.2, 0.25) is 0 Å². The third-order valence-electron chi connectivity index (χ3n) is 2.33. The molecule has 0 bridgehead atoms. The van der Waals surface area contributed by atoms with Crippen molar-refractivity contribution in [3.05, 3.63) is 50.5 Å². The third kappa shape index (κ3) is 3.31. The Morgan fingerprint density at radius 3 is 2.67 bits per heavy atom.